The first kappa shape index (κ1) is 20.0. The Morgan fingerprint density at radius 2 is 0.959 bits per heavy atom. The van der Waals surface area contributed by atoms with Crippen molar-refractivity contribution in [2.24, 2.45) is 0 Å². The molecule has 0 radical (unpaired) electrons. The lowest BCUT2D eigenvalue weighted by molar-refractivity contribution is 0.669. The largest absolute Gasteiger partial charge is 0.456 e. The standard InChI is InChI=1S/C48H30O/c1-2-12-31(13-3-1)35-28-29-42-45(30-35)49-44-23-11-22-43(48(42)44)47-40-19-8-6-17-38(40)46(39-18-7-9-20-41(39)47)34-26-24-33(25-27-34)37-21-10-15-32-14-4-5-16-36(32)37/h1-30H/i1D,2D,3D,12D,13D,24D,25D,26D,27D. The van der Waals surface area contributed by atoms with E-state index in [-0.39, 0.29) is 52.9 Å². The molecule has 0 fully saturated rings. The summed E-state index contributed by atoms with van der Waals surface area (Å²) in [5.41, 5.74) is 5.16. The Balaban J connectivity index is 1.23. The smallest absolute Gasteiger partial charge is 0.136 e. The molecule has 0 spiro atoms. The second-order valence-corrected chi connectivity index (χ2v) is 12.1. The number of fused-ring (bicyclic) bond motifs is 6. The van der Waals surface area contributed by atoms with Crippen LogP contribution in [0.15, 0.2) is 186 Å². The van der Waals surface area contributed by atoms with E-state index in [4.69, 9.17) is 11.3 Å². The molecule has 10 aromatic rings. The molecule has 1 heteroatoms. The summed E-state index contributed by atoms with van der Waals surface area (Å²) in [4.78, 5) is 0. The molecule has 49 heavy (non-hydrogen) atoms. The van der Waals surface area contributed by atoms with Gasteiger partial charge in [0.05, 0.1) is 12.3 Å². The predicted octanol–water partition coefficient (Wildman–Crippen LogP) is 13.7. The predicted molar refractivity (Wildman–Crippen MR) is 208 cm³/mol. The minimum atomic E-state index is -0.449. The average Bonchev–Trinajstić information content (AvgIpc) is 3.63. The van der Waals surface area contributed by atoms with Crippen LogP contribution < -0.4 is 0 Å². The van der Waals surface area contributed by atoms with Gasteiger partial charge in [-0.1, -0.05) is 164 Å². The average molecular weight is 632 g/mol. The molecule has 0 aliphatic heterocycles. The first-order valence-corrected chi connectivity index (χ1v) is 16.1. The van der Waals surface area contributed by atoms with Crippen molar-refractivity contribution in [2.45, 2.75) is 0 Å². The van der Waals surface area contributed by atoms with Gasteiger partial charge in [0.1, 0.15) is 11.2 Å². The van der Waals surface area contributed by atoms with E-state index in [9.17, 15) is 5.48 Å². The summed E-state index contributed by atoms with van der Waals surface area (Å²) in [5, 5.41) is 6.65. The van der Waals surface area contributed by atoms with Crippen LogP contribution in [0, 0.1) is 0 Å². The lowest BCUT2D eigenvalue weighted by Gasteiger charge is -2.18. The van der Waals surface area contributed by atoms with Crippen molar-refractivity contribution in [1.82, 2.24) is 0 Å². The van der Waals surface area contributed by atoms with Gasteiger partial charge in [-0.2, -0.15) is 0 Å². The molecule has 10 rings (SSSR count). The van der Waals surface area contributed by atoms with Crippen molar-refractivity contribution in [3.8, 4) is 44.5 Å². The molecule has 0 unspecified atom stereocenters. The van der Waals surface area contributed by atoms with E-state index in [1.165, 1.54) is 0 Å². The van der Waals surface area contributed by atoms with Gasteiger partial charge in [-0.25, -0.2) is 0 Å². The molecule has 9 aromatic carbocycles. The fourth-order valence-electron chi connectivity index (χ4n) is 7.29. The van der Waals surface area contributed by atoms with E-state index in [1.54, 1.807) is 12.1 Å². The van der Waals surface area contributed by atoms with Crippen molar-refractivity contribution in [3.05, 3.63) is 182 Å². The maximum absolute atomic E-state index is 9.50. The molecule has 0 bridgehead atoms. The molecule has 0 amide bonds. The summed E-state index contributed by atoms with van der Waals surface area (Å²) in [6.07, 6.45) is 0. The molecule has 0 N–H and O–H groups in total. The van der Waals surface area contributed by atoms with Gasteiger partial charge in [0, 0.05) is 10.8 Å². The molecular weight excluding hydrogens is 593 g/mol. The first-order chi connectivity index (χ1) is 28.1. The van der Waals surface area contributed by atoms with Gasteiger partial charge in [-0.3, -0.25) is 0 Å². The number of furan rings is 1. The fraction of sp³-hybridized carbons (Fsp3) is 0. The van der Waals surface area contributed by atoms with Crippen molar-refractivity contribution in [2.75, 3.05) is 0 Å². The van der Waals surface area contributed by atoms with E-state index < -0.39 is 18.1 Å². The van der Waals surface area contributed by atoms with E-state index in [1.807, 2.05) is 115 Å². The summed E-state index contributed by atoms with van der Waals surface area (Å²) in [5.74, 6) is 0. The fourth-order valence-corrected chi connectivity index (χ4v) is 7.29. The summed E-state index contributed by atoms with van der Waals surface area (Å²) >= 11 is 0. The molecular formula is C48H30O. The van der Waals surface area contributed by atoms with Crippen LogP contribution >= 0.6 is 0 Å². The van der Waals surface area contributed by atoms with Gasteiger partial charge in [-0.15, -0.1) is 0 Å². The van der Waals surface area contributed by atoms with Crippen molar-refractivity contribution >= 4 is 54.3 Å². The van der Waals surface area contributed by atoms with Crippen LogP contribution in [0.5, 0.6) is 0 Å². The van der Waals surface area contributed by atoms with Gasteiger partial charge in [0.15, 0.2) is 0 Å². The second kappa shape index (κ2) is 11.1. The van der Waals surface area contributed by atoms with Crippen LogP contribution in [0.3, 0.4) is 0 Å². The monoisotopic (exact) mass is 631 g/mol. The molecule has 0 saturated carbocycles. The van der Waals surface area contributed by atoms with Crippen LogP contribution in [-0.2, 0) is 0 Å². The van der Waals surface area contributed by atoms with Crippen LogP contribution in [-0.4, -0.2) is 0 Å². The van der Waals surface area contributed by atoms with Crippen LogP contribution in [0.25, 0.3) is 98.8 Å². The number of hydrogen-bond donors (Lipinski definition) is 0. The lowest BCUT2D eigenvalue weighted by atomic mass is 9.84. The molecule has 0 saturated heterocycles. The maximum atomic E-state index is 9.50. The molecule has 228 valence electrons. The Hall–Kier alpha value is -6.44. The third kappa shape index (κ3) is 4.40. The Bertz CT molecular complexity index is 3280. The molecule has 1 heterocycles. The Morgan fingerprint density at radius 1 is 0.367 bits per heavy atom. The minimum absolute atomic E-state index is 0.0977. The highest BCUT2D eigenvalue weighted by atomic mass is 16.3. The van der Waals surface area contributed by atoms with Gasteiger partial charge in [0.2, 0.25) is 0 Å². The number of hydrogen-bond acceptors (Lipinski definition) is 1. The molecule has 0 aliphatic rings. The van der Waals surface area contributed by atoms with E-state index >= 15 is 0 Å². The van der Waals surface area contributed by atoms with Gasteiger partial charge < -0.3 is 4.42 Å². The van der Waals surface area contributed by atoms with Gasteiger partial charge >= 0.3 is 0 Å². The normalized spacial score (nSPS) is 14.2. The summed E-state index contributed by atoms with van der Waals surface area (Å²) in [6.45, 7) is 0. The zero-order chi connectivity index (χ0) is 40.1. The van der Waals surface area contributed by atoms with E-state index in [0.29, 0.717) is 27.9 Å². The quantitative estimate of drug-likeness (QED) is 0.176. The Kier molecular flexibility index (Phi) is 4.53. The van der Waals surface area contributed by atoms with Crippen molar-refractivity contribution in [1.29, 1.82) is 0 Å². The van der Waals surface area contributed by atoms with Crippen LogP contribution in [0.2, 0.25) is 0 Å². The van der Waals surface area contributed by atoms with Gasteiger partial charge in [0.25, 0.3) is 0 Å². The van der Waals surface area contributed by atoms with Crippen LogP contribution in [0.4, 0.5) is 0 Å². The Labute approximate surface area is 297 Å². The third-order valence-electron chi connectivity index (χ3n) is 9.42. The first-order valence-electron chi connectivity index (χ1n) is 20.6. The maximum Gasteiger partial charge on any atom is 0.136 e. The van der Waals surface area contributed by atoms with E-state index in [0.717, 1.165) is 54.2 Å². The highest BCUT2D eigenvalue weighted by Crippen LogP contribution is 2.47. The zero-order valence-electron chi connectivity index (χ0n) is 35.0. The molecule has 0 atom stereocenters. The molecule has 0 aliphatic carbocycles. The Morgan fingerprint density at radius 3 is 1.69 bits per heavy atom. The van der Waals surface area contributed by atoms with Gasteiger partial charge in [-0.05, 0) is 95.0 Å². The van der Waals surface area contributed by atoms with Crippen LogP contribution in [0.1, 0.15) is 12.3 Å². The third-order valence-corrected chi connectivity index (χ3v) is 9.42. The summed E-state index contributed by atoms with van der Waals surface area (Å²) in [6, 6.07) is 38.0. The summed E-state index contributed by atoms with van der Waals surface area (Å²) in [7, 11) is 0. The highest BCUT2D eigenvalue weighted by Gasteiger charge is 2.20. The lowest BCUT2D eigenvalue weighted by Crippen LogP contribution is -1.91. The minimum Gasteiger partial charge on any atom is -0.456 e. The number of benzene rings is 9. The zero-order valence-corrected chi connectivity index (χ0v) is 26.0. The van der Waals surface area contributed by atoms with Crippen molar-refractivity contribution in [3.63, 3.8) is 0 Å². The number of rotatable bonds is 4. The molecule has 1 nitrogen and oxygen atoms in total. The van der Waals surface area contributed by atoms with Crippen molar-refractivity contribution < 1.29 is 16.8 Å². The van der Waals surface area contributed by atoms with E-state index in [2.05, 4.69) is 0 Å². The summed E-state index contributed by atoms with van der Waals surface area (Å²) < 4.78 is 85.7. The molecule has 1 aromatic heterocycles. The second-order valence-electron chi connectivity index (χ2n) is 12.1. The topological polar surface area (TPSA) is 13.1 Å². The SMILES string of the molecule is [2H]c1c([2H])c([2H])c(-c2ccc3c(c2)oc2cccc(-c4c5ccccc5c(-c5c([2H])c([2H])c(-c6cccc7ccccc67)c([2H])c5[2H])c5ccccc45)c23)c([2H])c1[2H]. The highest BCUT2D eigenvalue weighted by molar-refractivity contribution is 6.25.